The van der Waals surface area contributed by atoms with Gasteiger partial charge in [-0.3, -0.25) is 0 Å². The van der Waals surface area contributed by atoms with Crippen molar-refractivity contribution in [2.24, 2.45) is 5.92 Å². The molecule has 7 heavy (non-hydrogen) atoms. The summed E-state index contributed by atoms with van der Waals surface area (Å²) in [4.78, 5) is 0. The fourth-order valence-electron chi connectivity index (χ4n) is 0.441. The normalized spacial score (nSPS) is 40.3. The Morgan fingerprint density at radius 3 is 2.57 bits per heavy atom. The Labute approximate surface area is 40.9 Å². The van der Waals surface area contributed by atoms with Crippen LogP contribution in [0.15, 0.2) is 0 Å². The van der Waals surface area contributed by atoms with E-state index < -0.39 is 6.36 Å². The monoisotopic (exact) mass is 106 g/mol. The Balaban J connectivity index is 2.16. The fourth-order valence-corrected chi connectivity index (χ4v) is 0.441. The Bertz CT molecular complexity index is 64.7. The quantitative estimate of drug-likeness (QED) is 0.506. The molecule has 0 amide bonds. The third-order valence-electron chi connectivity index (χ3n) is 1.07. The molecular formula is C4H7FO2. The number of rotatable bonds is 1. The third-order valence-corrected chi connectivity index (χ3v) is 1.07. The molecule has 1 saturated heterocycles. The highest BCUT2D eigenvalue weighted by molar-refractivity contribution is 4.67. The summed E-state index contributed by atoms with van der Waals surface area (Å²) in [7, 11) is 0. The van der Waals surface area contributed by atoms with Crippen molar-refractivity contribution in [3.05, 3.63) is 0 Å². The molecule has 3 heteroatoms. The van der Waals surface area contributed by atoms with Gasteiger partial charge in [0, 0.05) is 0 Å². The molecule has 0 bridgehead atoms. The lowest BCUT2D eigenvalue weighted by Crippen LogP contribution is -2.38. The molecule has 0 radical (unpaired) electrons. The summed E-state index contributed by atoms with van der Waals surface area (Å²) in [6.07, 6.45) is -1.20. The van der Waals surface area contributed by atoms with Crippen molar-refractivity contribution in [1.29, 1.82) is 0 Å². The topological polar surface area (TPSA) is 29.5 Å². The van der Waals surface area contributed by atoms with Crippen LogP contribution in [0.2, 0.25) is 0 Å². The molecule has 1 rings (SSSR count). The zero-order chi connectivity index (χ0) is 5.28. The summed E-state index contributed by atoms with van der Waals surface area (Å²) in [6.45, 7) is 0.277. The average Bonchev–Trinajstić information content (AvgIpc) is 1.65. The minimum atomic E-state index is -1.20. The van der Waals surface area contributed by atoms with Crippen LogP contribution in [0.1, 0.15) is 0 Å². The predicted molar refractivity (Wildman–Crippen MR) is 21.4 cm³/mol. The lowest BCUT2D eigenvalue weighted by Gasteiger charge is -2.28. The fraction of sp³-hybridized carbons (Fsp3) is 1.00. The van der Waals surface area contributed by atoms with Crippen molar-refractivity contribution in [2.45, 2.75) is 6.36 Å². The number of halogens is 1. The van der Waals surface area contributed by atoms with Crippen LogP contribution in [-0.4, -0.2) is 24.7 Å². The molecule has 0 saturated carbocycles. The van der Waals surface area contributed by atoms with Gasteiger partial charge in [-0.15, -0.1) is 0 Å². The molecule has 0 aromatic rings. The van der Waals surface area contributed by atoms with Gasteiger partial charge in [0.15, 0.2) is 0 Å². The van der Waals surface area contributed by atoms with Crippen LogP contribution in [0.3, 0.4) is 0 Å². The van der Waals surface area contributed by atoms with Gasteiger partial charge in [-0.1, -0.05) is 0 Å². The first-order valence-electron chi connectivity index (χ1n) is 2.21. The van der Waals surface area contributed by atoms with Gasteiger partial charge >= 0.3 is 0 Å². The largest absolute Gasteiger partial charge is 0.396 e. The van der Waals surface area contributed by atoms with E-state index in [-0.39, 0.29) is 12.5 Å². The second-order valence-electron chi connectivity index (χ2n) is 1.63. The van der Waals surface area contributed by atoms with Crippen LogP contribution >= 0.6 is 0 Å². The first-order valence-corrected chi connectivity index (χ1v) is 2.21. The van der Waals surface area contributed by atoms with E-state index in [9.17, 15) is 4.39 Å². The number of hydrogen-bond acceptors (Lipinski definition) is 2. The number of ether oxygens (including phenoxy) is 1. The maximum atomic E-state index is 11.8. The van der Waals surface area contributed by atoms with Gasteiger partial charge in [0.25, 0.3) is 0 Å². The highest BCUT2D eigenvalue weighted by Crippen LogP contribution is 2.19. The van der Waals surface area contributed by atoms with Gasteiger partial charge in [-0.2, -0.15) is 0 Å². The summed E-state index contributed by atoms with van der Waals surface area (Å²) in [5.74, 6) is -0.250. The zero-order valence-corrected chi connectivity index (χ0v) is 3.80. The zero-order valence-electron chi connectivity index (χ0n) is 3.80. The molecule has 0 aromatic carbocycles. The van der Waals surface area contributed by atoms with E-state index >= 15 is 0 Å². The Morgan fingerprint density at radius 2 is 2.57 bits per heavy atom. The number of hydrogen-bond donors (Lipinski definition) is 1. The van der Waals surface area contributed by atoms with Crippen molar-refractivity contribution < 1.29 is 14.2 Å². The molecule has 1 heterocycles. The highest BCUT2D eigenvalue weighted by atomic mass is 19.1. The predicted octanol–water partition coefficient (Wildman–Crippen LogP) is -0.0793. The molecule has 0 aliphatic carbocycles. The van der Waals surface area contributed by atoms with E-state index in [0.29, 0.717) is 6.61 Å². The smallest absolute Gasteiger partial charge is 0.206 e. The molecule has 0 aromatic heterocycles. The van der Waals surface area contributed by atoms with Crippen LogP contribution in [0.4, 0.5) is 4.39 Å². The van der Waals surface area contributed by atoms with E-state index in [4.69, 9.17) is 5.11 Å². The van der Waals surface area contributed by atoms with Crippen molar-refractivity contribution >= 4 is 0 Å². The molecule has 2 nitrogen and oxygen atoms in total. The Kier molecular flexibility index (Phi) is 1.25. The molecule has 42 valence electrons. The van der Waals surface area contributed by atoms with E-state index in [2.05, 4.69) is 4.74 Å². The number of aliphatic hydroxyl groups excluding tert-OH is 1. The number of aliphatic hydroxyl groups is 1. The lowest BCUT2D eigenvalue weighted by molar-refractivity contribution is -0.198. The Hall–Kier alpha value is -0.150. The minimum absolute atomic E-state index is 0.0961. The maximum absolute atomic E-state index is 11.8. The first kappa shape index (κ1) is 5.00. The third kappa shape index (κ3) is 0.737. The van der Waals surface area contributed by atoms with Gasteiger partial charge in [-0.05, 0) is 0 Å². The number of alkyl halides is 1. The van der Waals surface area contributed by atoms with E-state index in [0.717, 1.165) is 0 Å². The van der Waals surface area contributed by atoms with Crippen LogP contribution < -0.4 is 0 Å². The second kappa shape index (κ2) is 1.76. The van der Waals surface area contributed by atoms with Crippen LogP contribution in [0, 0.1) is 5.92 Å². The molecule has 0 spiro atoms. The van der Waals surface area contributed by atoms with E-state index in [1.807, 2.05) is 0 Å². The van der Waals surface area contributed by atoms with E-state index in [1.165, 1.54) is 0 Å². The van der Waals surface area contributed by atoms with Crippen LogP contribution in [0.5, 0.6) is 0 Å². The Morgan fingerprint density at radius 1 is 1.86 bits per heavy atom. The molecule has 1 N–H and O–H groups in total. The summed E-state index contributed by atoms with van der Waals surface area (Å²) in [6, 6.07) is 0. The molecule has 2 atom stereocenters. The van der Waals surface area contributed by atoms with Crippen LogP contribution in [0.25, 0.3) is 0 Å². The van der Waals surface area contributed by atoms with Gasteiger partial charge in [0.05, 0.1) is 19.1 Å². The summed E-state index contributed by atoms with van der Waals surface area (Å²) < 4.78 is 16.1. The molecule has 2 unspecified atom stereocenters. The molecule has 1 fully saturated rings. The van der Waals surface area contributed by atoms with Crippen molar-refractivity contribution in [3.8, 4) is 0 Å². The summed E-state index contributed by atoms with van der Waals surface area (Å²) >= 11 is 0. The van der Waals surface area contributed by atoms with Crippen molar-refractivity contribution in [3.63, 3.8) is 0 Å². The van der Waals surface area contributed by atoms with Crippen LogP contribution in [-0.2, 0) is 4.74 Å². The van der Waals surface area contributed by atoms with E-state index in [1.54, 1.807) is 0 Å². The summed E-state index contributed by atoms with van der Waals surface area (Å²) in [5, 5.41) is 8.24. The van der Waals surface area contributed by atoms with Gasteiger partial charge in [0.1, 0.15) is 0 Å². The maximum Gasteiger partial charge on any atom is 0.206 e. The summed E-state index contributed by atoms with van der Waals surface area (Å²) in [5.41, 5.74) is 0. The average molecular weight is 106 g/mol. The first-order chi connectivity index (χ1) is 3.34. The van der Waals surface area contributed by atoms with Crippen molar-refractivity contribution in [1.82, 2.24) is 0 Å². The standard InChI is InChI=1S/C4H7FO2/c5-4-3(1-6)2-7-4/h3-4,6H,1-2H2. The van der Waals surface area contributed by atoms with Gasteiger partial charge < -0.3 is 9.84 Å². The van der Waals surface area contributed by atoms with Crippen molar-refractivity contribution in [2.75, 3.05) is 13.2 Å². The molecule has 1 aliphatic rings. The molecular weight excluding hydrogens is 99.0 g/mol. The molecule has 1 aliphatic heterocycles. The lowest BCUT2D eigenvalue weighted by atomic mass is 10.1. The second-order valence-corrected chi connectivity index (χ2v) is 1.63. The van der Waals surface area contributed by atoms with Gasteiger partial charge in [0.2, 0.25) is 6.36 Å². The van der Waals surface area contributed by atoms with Gasteiger partial charge in [-0.25, -0.2) is 4.39 Å². The highest BCUT2D eigenvalue weighted by Gasteiger charge is 2.30. The minimum Gasteiger partial charge on any atom is -0.396 e. The SMILES string of the molecule is OCC1COC1F.